The predicted molar refractivity (Wildman–Crippen MR) is 131 cm³/mol. The zero-order chi connectivity index (χ0) is 27.1. The molecule has 0 saturated heterocycles. The molecule has 0 radical (unpaired) electrons. The molecule has 200 valence electrons. The Bertz CT molecular complexity index is 1430. The summed E-state index contributed by atoms with van der Waals surface area (Å²) in [4.78, 5) is 12.6. The van der Waals surface area contributed by atoms with Crippen molar-refractivity contribution in [3.8, 4) is 0 Å². The number of fused-ring (bicyclic) bond motifs is 1. The van der Waals surface area contributed by atoms with Gasteiger partial charge in [0.1, 0.15) is 17.3 Å². The summed E-state index contributed by atoms with van der Waals surface area (Å²) < 4.78 is 83.8. The van der Waals surface area contributed by atoms with E-state index in [9.17, 15) is 22.7 Å². The topological polar surface area (TPSA) is 83.0 Å². The molecule has 2 aromatic heterocycles. The van der Waals surface area contributed by atoms with E-state index in [0.29, 0.717) is 31.2 Å². The molecule has 3 N–H and O–H groups in total. The predicted octanol–water partition coefficient (Wildman–Crippen LogP) is 6.84. The van der Waals surface area contributed by atoms with E-state index < -0.39 is 40.8 Å². The maximum atomic E-state index is 15.5. The summed E-state index contributed by atoms with van der Waals surface area (Å²) in [6.07, 6.45) is -2.68. The van der Waals surface area contributed by atoms with Gasteiger partial charge >= 0.3 is 12.1 Å². The smallest absolute Gasteiger partial charge is 0.393 e. The molecule has 4 aromatic rings. The van der Waals surface area contributed by atoms with Gasteiger partial charge in [-0.25, -0.2) is 14.4 Å². The van der Waals surface area contributed by atoms with Gasteiger partial charge in [0, 0.05) is 17.7 Å². The average molecular weight is 554 g/mol. The lowest BCUT2D eigenvalue weighted by molar-refractivity contribution is -0.137. The second kappa shape index (κ2) is 10.0. The normalized spacial score (nSPS) is 18.5. The number of anilines is 3. The van der Waals surface area contributed by atoms with E-state index in [2.05, 4.69) is 25.6 Å². The van der Waals surface area contributed by atoms with Gasteiger partial charge in [0.25, 0.3) is 0 Å². The number of nitrogens with one attached hydrogen (secondary N) is 2. The minimum atomic E-state index is -4.52. The molecular formula is C25H21F6N5OS. The SMILES string of the molecule is OC1CCC(Nc2nc(Nc3nc4ccc(C(F)(F)F)cc4s3)cc(C(F)(F)c3ccc(F)cc3)n2)CC1. The molecule has 13 heteroatoms. The number of rotatable bonds is 6. The van der Waals surface area contributed by atoms with Crippen LogP contribution in [0.2, 0.25) is 0 Å². The molecule has 1 aliphatic carbocycles. The summed E-state index contributed by atoms with van der Waals surface area (Å²) in [5.41, 5.74) is -1.67. The number of nitrogens with zero attached hydrogens (tertiary/aromatic N) is 3. The summed E-state index contributed by atoms with van der Waals surface area (Å²) in [5, 5.41) is 15.8. The van der Waals surface area contributed by atoms with Gasteiger partial charge in [-0.15, -0.1) is 0 Å². The van der Waals surface area contributed by atoms with E-state index in [4.69, 9.17) is 0 Å². The molecule has 1 fully saturated rings. The van der Waals surface area contributed by atoms with Gasteiger partial charge in [-0.3, -0.25) is 0 Å². The molecule has 5 rings (SSSR count). The Morgan fingerprint density at radius 1 is 0.842 bits per heavy atom. The number of halogens is 6. The fraction of sp³-hybridized carbons (Fsp3) is 0.320. The van der Waals surface area contributed by atoms with Crippen molar-refractivity contribution in [1.29, 1.82) is 0 Å². The number of thiazole rings is 1. The highest BCUT2D eigenvalue weighted by molar-refractivity contribution is 7.22. The molecule has 0 amide bonds. The third-order valence-electron chi connectivity index (χ3n) is 6.24. The molecule has 0 unspecified atom stereocenters. The molecule has 0 aliphatic heterocycles. The van der Waals surface area contributed by atoms with Crippen molar-refractivity contribution >= 4 is 38.5 Å². The van der Waals surface area contributed by atoms with Crippen LogP contribution in [-0.2, 0) is 12.1 Å². The van der Waals surface area contributed by atoms with Crippen LogP contribution in [0.4, 0.5) is 43.2 Å². The first-order chi connectivity index (χ1) is 18.0. The first-order valence-electron chi connectivity index (χ1n) is 11.7. The van der Waals surface area contributed by atoms with Gasteiger partial charge in [0.2, 0.25) is 5.95 Å². The van der Waals surface area contributed by atoms with Crippen molar-refractivity contribution in [2.24, 2.45) is 0 Å². The number of hydrogen-bond donors (Lipinski definition) is 3. The lowest BCUT2D eigenvalue weighted by Crippen LogP contribution is -2.29. The van der Waals surface area contributed by atoms with Crippen molar-refractivity contribution in [3.05, 3.63) is 71.2 Å². The Hall–Kier alpha value is -3.45. The van der Waals surface area contributed by atoms with Gasteiger partial charge in [0.15, 0.2) is 5.13 Å². The van der Waals surface area contributed by atoms with Crippen LogP contribution in [0.3, 0.4) is 0 Å². The molecule has 1 saturated carbocycles. The number of aromatic nitrogens is 3. The number of alkyl halides is 5. The second-order valence-electron chi connectivity index (χ2n) is 9.02. The minimum Gasteiger partial charge on any atom is -0.393 e. The molecule has 2 aromatic carbocycles. The van der Waals surface area contributed by atoms with Crippen LogP contribution in [0, 0.1) is 5.82 Å². The van der Waals surface area contributed by atoms with Crippen LogP contribution in [0.15, 0.2) is 48.5 Å². The zero-order valence-corrected chi connectivity index (χ0v) is 20.4. The van der Waals surface area contributed by atoms with E-state index in [0.717, 1.165) is 53.8 Å². The molecule has 6 nitrogen and oxygen atoms in total. The van der Waals surface area contributed by atoms with Crippen molar-refractivity contribution in [2.75, 3.05) is 10.6 Å². The van der Waals surface area contributed by atoms with E-state index >= 15 is 8.78 Å². The lowest BCUT2D eigenvalue weighted by Gasteiger charge is -2.26. The Balaban J connectivity index is 1.49. The molecule has 2 heterocycles. The number of aliphatic hydroxyl groups excluding tert-OH is 1. The quantitative estimate of drug-likeness (QED) is 0.227. The van der Waals surface area contributed by atoms with Crippen LogP contribution in [0.1, 0.15) is 42.5 Å². The van der Waals surface area contributed by atoms with Crippen molar-refractivity contribution in [3.63, 3.8) is 0 Å². The third kappa shape index (κ3) is 5.68. The fourth-order valence-electron chi connectivity index (χ4n) is 4.21. The van der Waals surface area contributed by atoms with Crippen LogP contribution in [-0.4, -0.2) is 32.2 Å². The lowest BCUT2D eigenvalue weighted by atomic mass is 9.93. The molecule has 0 spiro atoms. The highest BCUT2D eigenvalue weighted by Crippen LogP contribution is 2.38. The van der Waals surface area contributed by atoms with Gasteiger partial charge in [0.05, 0.1) is 21.9 Å². The van der Waals surface area contributed by atoms with Crippen molar-refractivity contribution < 1.29 is 31.4 Å². The van der Waals surface area contributed by atoms with Crippen LogP contribution in [0.25, 0.3) is 10.2 Å². The Morgan fingerprint density at radius 3 is 2.21 bits per heavy atom. The monoisotopic (exact) mass is 553 g/mol. The van der Waals surface area contributed by atoms with E-state index in [-0.39, 0.29) is 27.6 Å². The first kappa shape index (κ1) is 26.2. The highest BCUT2D eigenvalue weighted by atomic mass is 32.1. The van der Waals surface area contributed by atoms with Gasteiger partial charge in [-0.05, 0) is 68.1 Å². The molecule has 38 heavy (non-hydrogen) atoms. The fourth-order valence-corrected chi connectivity index (χ4v) is 5.12. The Labute approximate surface area is 216 Å². The number of aliphatic hydroxyl groups is 1. The van der Waals surface area contributed by atoms with Crippen LogP contribution < -0.4 is 10.6 Å². The van der Waals surface area contributed by atoms with Crippen LogP contribution >= 0.6 is 11.3 Å². The Morgan fingerprint density at radius 2 is 1.53 bits per heavy atom. The summed E-state index contributed by atoms with van der Waals surface area (Å²) in [6.45, 7) is 0. The van der Waals surface area contributed by atoms with E-state index in [1.807, 2.05) is 0 Å². The summed E-state index contributed by atoms with van der Waals surface area (Å²) in [7, 11) is 0. The minimum absolute atomic E-state index is 0.0507. The summed E-state index contributed by atoms with van der Waals surface area (Å²) in [6, 6.07) is 7.77. The second-order valence-corrected chi connectivity index (χ2v) is 10.0. The first-order valence-corrected chi connectivity index (χ1v) is 12.5. The molecule has 1 aliphatic rings. The maximum Gasteiger partial charge on any atom is 0.416 e. The maximum absolute atomic E-state index is 15.5. The number of hydrogen-bond acceptors (Lipinski definition) is 7. The largest absolute Gasteiger partial charge is 0.416 e. The number of benzene rings is 2. The summed E-state index contributed by atoms with van der Waals surface area (Å²) >= 11 is 0.915. The Kier molecular flexibility index (Phi) is 6.90. The molecule has 0 bridgehead atoms. The van der Waals surface area contributed by atoms with Gasteiger partial charge < -0.3 is 15.7 Å². The summed E-state index contributed by atoms with van der Waals surface area (Å²) in [5.74, 6) is -4.42. The van der Waals surface area contributed by atoms with Gasteiger partial charge in [-0.2, -0.15) is 26.9 Å². The standard InChI is InChI=1S/C25H21F6N5OS/c26-15-4-1-13(2-5-15)24(27,28)20-12-21(35-22(34-20)32-16-6-8-17(37)9-7-16)36-23-33-18-10-3-14(25(29,30)31)11-19(18)38-23/h1-5,10-12,16-17,37H,6-9H2,(H2,32,33,34,35,36). The van der Waals surface area contributed by atoms with Gasteiger partial charge in [-0.1, -0.05) is 11.3 Å². The molecular weight excluding hydrogens is 532 g/mol. The van der Waals surface area contributed by atoms with E-state index in [1.165, 1.54) is 6.07 Å². The zero-order valence-electron chi connectivity index (χ0n) is 19.6. The average Bonchev–Trinajstić information content (AvgIpc) is 3.26. The molecule has 0 atom stereocenters. The van der Waals surface area contributed by atoms with E-state index in [1.54, 1.807) is 0 Å². The van der Waals surface area contributed by atoms with Crippen LogP contribution in [0.5, 0.6) is 0 Å². The van der Waals surface area contributed by atoms with Crippen molar-refractivity contribution in [2.45, 2.75) is 49.9 Å². The highest BCUT2D eigenvalue weighted by Gasteiger charge is 2.37. The van der Waals surface area contributed by atoms with Crippen molar-refractivity contribution in [1.82, 2.24) is 15.0 Å². The third-order valence-corrected chi connectivity index (χ3v) is 7.17.